The van der Waals surface area contributed by atoms with E-state index in [-0.39, 0.29) is 6.54 Å². The quantitative estimate of drug-likeness (QED) is 0.872. The third kappa shape index (κ3) is 2.31. The molecule has 2 amide bonds. The summed E-state index contributed by atoms with van der Waals surface area (Å²) in [5.74, 6) is -2.74. The highest BCUT2D eigenvalue weighted by atomic mass is 16.4. The lowest BCUT2D eigenvalue weighted by atomic mass is 9.92. The van der Waals surface area contributed by atoms with Crippen LogP contribution in [0.25, 0.3) is 10.8 Å². The highest BCUT2D eigenvalue weighted by Crippen LogP contribution is 2.35. The van der Waals surface area contributed by atoms with Gasteiger partial charge in [-0.05, 0) is 18.2 Å². The van der Waals surface area contributed by atoms with Crippen molar-refractivity contribution in [3.8, 4) is 0 Å². The molecule has 0 aromatic heterocycles. The average molecular weight is 326 g/mol. The van der Waals surface area contributed by atoms with Gasteiger partial charge in [-0.3, -0.25) is 19.3 Å². The highest BCUT2D eigenvalue weighted by molar-refractivity contribution is 6.26. The number of nitrogens with zero attached hydrogens (tertiary/aromatic N) is 2. The molecule has 0 spiro atoms. The summed E-state index contributed by atoms with van der Waals surface area (Å²) in [6, 6.07) is 8.88. The van der Waals surface area contributed by atoms with Crippen LogP contribution in [0.3, 0.4) is 0 Å². The van der Waals surface area contributed by atoms with E-state index in [1.165, 1.54) is 6.92 Å². The van der Waals surface area contributed by atoms with Crippen LogP contribution in [0.1, 0.15) is 27.6 Å². The van der Waals surface area contributed by atoms with Crippen LogP contribution in [-0.4, -0.2) is 48.4 Å². The van der Waals surface area contributed by atoms with Crippen molar-refractivity contribution in [2.45, 2.75) is 6.92 Å². The zero-order chi connectivity index (χ0) is 17.6. The molecule has 1 atom stereocenters. The Hall–Kier alpha value is -2.89. The van der Waals surface area contributed by atoms with E-state index in [1.54, 1.807) is 18.2 Å². The second-order valence-electron chi connectivity index (χ2n) is 6.22. The van der Waals surface area contributed by atoms with Crippen LogP contribution in [0, 0.1) is 5.92 Å². The number of imide groups is 1. The molecule has 0 aliphatic carbocycles. The summed E-state index contributed by atoms with van der Waals surface area (Å²) in [5.41, 5.74) is 1.79. The average Bonchev–Trinajstić information content (AvgIpc) is 2.55. The molecule has 1 heterocycles. The predicted octanol–water partition coefficient (Wildman–Crippen LogP) is 2.22. The number of carbonyl (C=O) groups is 3. The smallest absolute Gasteiger partial charge is 0.308 e. The maximum absolute atomic E-state index is 12.8. The molecule has 6 heteroatoms. The molecule has 0 saturated heterocycles. The van der Waals surface area contributed by atoms with Crippen molar-refractivity contribution in [1.29, 1.82) is 0 Å². The molecule has 3 rings (SSSR count). The molecule has 1 N–H and O–H groups in total. The van der Waals surface area contributed by atoms with Crippen LogP contribution in [0.2, 0.25) is 0 Å². The topological polar surface area (TPSA) is 77.9 Å². The van der Waals surface area contributed by atoms with E-state index in [0.29, 0.717) is 16.5 Å². The first-order valence-corrected chi connectivity index (χ1v) is 7.65. The third-order valence-electron chi connectivity index (χ3n) is 4.33. The Labute approximate surface area is 139 Å². The normalized spacial score (nSPS) is 14.9. The van der Waals surface area contributed by atoms with Gasteiger partial charge in [0, 0.05) is 48.2 Å². The van der Waals surface area contributed by atoms with E-state index >= 15 is 0 Å². The molecule has 2 aromatic rings. The number of benzene rings is 2. The summed E-state index contributed by atoms with van der Waals surface area (Å²) in [5, 5.41) is 10.5. The van der Waals surface area contributed by atoms with Gasteiger partial charge in [-0.15, -0.1) is 0 Å². The van der Waals surface area contributed by atoms with Gasteiger partial charge in [0.2, 0.25) is 0 Å². The van der Waals surface area contributed by atoms with E-state index in [4.69, 9.17) is 5.11 Å². The van der Waals surface area contributed by atoms with Gasteiger partial charge < -0.3 is 10.0 Å². The summed E-state index contributed by atoms with van der Waals surface area (Å²) in [6.45, 7) is 1.34. The first kappa shape index (κ1) is 16.0. The molecule has 24 heavy (non-hydrogen) atoms. The van der Waals surface area contributed by atoms with E-state index in [2.05, 4.69) is 0 Å². The fourth-order valence-electron chi connectivity index (χ4n) is 3.04. The van der Waals surface area contributed by atoms with Crippen molar-refractivity contribution in [3.05, 3.63) is 41.5 Å². The van der Waals surface area contributed by atoms with Crippen LogP contribution in [0.4, 0.5) is 5.69 Å². The molecule has 6 nitrogen and oxygen atoms in total. The van der Waals surface area contributed by atoms with E-state index in [1.807, 2.05) is 31.1 Å². The molecular formula is C18H18N2O4. The Bertz CT molecular complexity index is 850. The standard InChI is InChI=1S/C18H18N2O4/c1-10(18(23)24)9-20-16(21)12-6-4-5-11-14(19(2)3)8-7-13(15(11)12)17(20)22/h4-8,10H,9H2,1-3H3,(H,23,24). The second kappa shape index (κ2) is 5.63. The largest absolute Gasteiger partial charge is 0.481 e. The van der Waals surface area contributed by atoms with Gasteiger partial charge in [-0.2, -0.15) is 0 Å². The lowest BCUT2D eigenvalue weighted by Crippen LogP contribution is -2.44. The van der Waals surface area contributed by atoms with Gasteiger partial charge in [0.25, 0.3) is 11.8 Å². The molecule has 1 unspecified atom stereocenters. The summed E-state index contributed by atoms with van der Waals surface area (Å²) >= 11 is 0. The number of carboxylic acid groups (broad SMARTS) is 1. The van der Waals surface area contributed by atoms with Crippen molar-refractivity contribution in [3.63, 3.8) is 0 Å². The predicted molar refractivity (Wildman–Crippen MR) is 90.4 cm³/mol. The first-order valence-electron chi connectivity index (χ1n) is 7.65. The monoisotopic (exact) mass is 326 g/mol. The van der Waals surface area contributed by atoms with E-state index in [0.717, 1.165) is 16.0 Å². The minimum atomic E-state index is -1.04. The Morgan fingerprint density at radius 1 is 1.12 bits per heavy atom. The minimum absolute atomic E-state index is 0.141. The highest BCUT2D eigenvalue weighted by Gasteiger charge is 2.35. The van der Waals surface area contributed by atoms with Crippen molar-refractivity contribution >= 4 is 34.2 Å². The molecule has 1 aliphatic heterocycles. The van der Waals surface area contributed by atoms with Crippen molar-refractivity contribution < 1.29 is 19.5 Å². The van der Waals surface area contributed by atoms with Crippen LogP contribution in [0.5, 0.6) is 0 Å². The van der Waals surface area contributed by atoms with E-state index < -0.39 is 23.7 Å². The summed E-state index contributed by atoms with van der Waals surface area (Å²) in [6.07, 6.45) is 0. The van der Waals surface area contributed by atoms with Gasteiger partial charge >= 0.3 is 5.97 Å². The number of hydrogen-bond acceptors (Lipinski definition) is 4. The van der Waals surface area contributed by atoms with Crippen molar-refractivity contribution in [2.24, 2.45) is 5.92 Å². The fourth-order valence-corrected chi connectivity index (χ4v) is 3.04. The molecule has 0 fully saturated rings. The van der Waals surface area contributed by atoms with Gasteiger partial charge in [0.15, 0.2) is 0 Å². The SMILES string of the molecule is CC(CN1C(=O)c2cccc3c(N(C)C)ccc(c23)C1=O)C(=O)O. The summed E-state index contributed by atoms with van der Waals surface area (Å²) in [4.78, 5) is 39.6. The zero-order valence-corrected chi connectivity index (χ0v) is 13.7. The molecule has 124 valence electrons. The Kier molecular flexibility index (Phi) is 3.75. The lowest BCUT2D eigenvalue weighted by molar-refractivity contribution is -0.141. The van der Waals surface area contributed by atoms with Crippen LogP contribution >= 0.6 is 0 Å². The van der Waals surface area contributed by atoms with Crippen molar-refractivity contribution in [1.82, 2.24) is 4.90 Å². The number of rotatable bonds is 4. The second-order valence-corrected chi connectivity index (χ2v) is 6.22. The Morgan fingerprint density at radius 2 is 1.75 bits per heavy atom. The fraction of sp³-hybridized carbons (Fsp3) is 0.278. The number of hydrogen-bond donors (Lipinski definition) is 1. The van der Waals surface area contributed by atoms with Gasteiger partial charge in [-0.25, -0.2) is 0 Å². The van der Waals surface area contributed by atoms with Crippen LogP contribution in [0.15, 0.2) is 30.3 Å². The molecule has 0 radical (unpaired) electrons. The summed E-state index contributed by atoms with van der Waals surface area (Å²) < 4.78 is 0. The number of amides is 2. The number of carbonyl (C=O) groups excluding carboxylic acids is 2. The molecule has 0 saturated carbocycles. The first-order chi connectivity index (χ1) is 11.3. The Balaban J connectivity index is 2.18. The number of anilines is 1. The van der Waals surface area contributed by atoms with Crippen LogP contribution in [-0.2, 0) is 4.79 Å². The molecule has 1 aliphatic rings. The van der Waals surface area contributed by atoms with E-state index in [9.17, 15) is 14.4 Å². The lowest BCUT2D eigenvalue weighted by Gasteiger charge is -2.29. The minimum Gasteiger partial charge on any atom is -0.481 e. The number of aliphatic carboxylic acids is 1. The number of carboxylic acids is 1. The maximum Gasteiger partial charge on any atom is 0.308 e. The molecule has 0 bridgehead atoms. The van der Waals surface area contributed by atoms with Crippen molar-refractivity contribution in [2.75, 3.05) is 25.5 Å². The Morgan fingerprint density at radius 3 is 2.33 bits per heavy atom. The van der Waals surface area contributed by atoms with Gasteiger partial charge in [0.05, 0.1) is 5.92 Å². The van der Waals surface area contributed by atoms with Crippen LogP contribution < -0.4 is 4.90 Å². The van der Waals surface area contributed by atoms with Gasteiger partial charge in [0.1, 0.15) is 0 Å². The summed E-state index contributed by atoms with van der Waals surface area (Å²) in [7, 11) is 3.80. The maximum atomic E-state index is 12.8. The third-order valence-corrected chi connectivity index (χ3v) is 4.33. The van der Waals surface area contributed by atoms with Gasteiger partial charge in [-0.1, -0.05) is 19.1 Å². The zero-order valence-electron chi connectivity index (χ0n) is 13.7. The molecular weight excluding hydrogens is 308 g/mol. The molecule has 2 aromatic carbocycles.